The Morgan fingerprint density at radius 2 is 0.524 bits per heavy atom. The number of aliphatic carboxylic acids is 6. The molecule has 0 saturated heterocycles. The first-order valence-corrected chi connectivity index (χ1v) is 40.5. The van der Waals surface area contributed by atoms with Gasteiger partial charge in [0, 0.05) is 64.8 Å². The van der Waals surface area contributed by atoms with Crippen molar-refractivity contribution in [2.75, 3.05) is 105 Å². The number of esters is 4. The van der Waals surface area contributed by atoms with Crippen molar-refractivity contribution in [2.45, 2.75) is 334 Å². The lowest BCUT2D eigenvalue weighted by molar-refractivity contribution is -0.188. The zero-order valence-corrected chi connectivity index (χ0v) is 65.1. The Hall–Kier alpha value is -5.83. The van der Waals surface area contributed by atoms with Gasteiger partial charge in [-0.05, 0) is 32.1 Å². The zero-order valence-electron chi connectivity index (χ0n) is 65.1. The number of carbonyl (C=O) groups is 11. The van der Waals surface area contributed by atoms with Gasteiger partial charge in [-0.1, -0.05) is 258 Å². The van der Waals surface area contributed by atoms with Gasteiger partial charge in [-0.15, -0.1) is 0 Å². The number of carboxylic acids is 6. The number of ether oxygens (including phenoxy) is 5. The van der Waals surface area contributed by atoms with Gasteiger partial charge in [0.15, 0.2) is 11.4 Å². The minimum Gasteiger partial charge on any atom is -0.480 e. The Bertz CT molecular complexity index is 2170. The molecule has 26 heteroatoms. The average Bonchev–Trinajstić information content (AvgIpc) is 0.866. The molecule has 0 rings (SSSR count). The number of hydrogen-bond donors (Lipinski definition) is 6. The molecule has 0 bridgehead atoms. The molecule has 0 fully saturated rings. The second kappa shape index (κ2) is 68.7. The minimum atomic E-state index is -1.73. The molecule has 1 atom stereocenters. The summed E-state index contributed by atoms with van der Waals surface area (Å²) in [7, 11) is 0. The first kappa shape index (κ1) is 99.2. The SMILES string of the molecule is CCCCCCCCCCCCCCCC(=O)COC(COC(=O)CCCCCCCCCCCCCCC)(COC(=O)CCCCCCCCCCCCCCC)COC(=O)CCCCCC(=O)OCC(CN(CCN(CCN(CC(=O)O)CC(=O)O)CC(=O)O)CC(=O)O)N(CC(=O)O)CC(=O)O. The van der Waals surface area contributed by atoms with Crippen LogP contribution in [0.15, 0.2) is 0 Å². The normalized spacial score (nSPS) is 11.9. The van der Waals surface area contributed by atoms with E-state index in [1.54, 1.807) is 0 Å². The summed E-state index contributed by atoms with van der Waals surface area (Å²) in [5.41, 5.74) is -1.73. The predicted octanol–water partition coefficient (Wildman–Crippen LogP) is 14.0. The van der Waals surface area contributed by atoms with Crippen LogP contribution in [0.1, 0.15) is 323 Å². The Kier molecular flexibility index (Phi) is 64.9. The van der Waals surface area contributed by atoms with Crippen LogP contribution in [-0.2, 0) is 76.4 Å². The number of unbranched alkanes of at least 4 members (excludes halogenated alkanes) is 38. The van der Waals surface area contributed by atoms with Crippen LogP contribution in [0.4, 0.5) is 0 Å². The monoisotopic (exact) mass is 1500 g/mol. The van der Waals surface area contributed by atoms with E-state index in [0.29, 0.717) is 25.7 Å². The van der Waals surface area contributed by atoms with Gasteiger partial charge in [0.05, 0.1) is 45.3 Å². The predicted molar refractivity (Wildman–Crippen MR) is 402 cm³/mol. The second-order valence-corrected chi connectivity index (χ2v) is 28.9. The number of nitrogens with zero attached hydrogens (tertiary/aromatic N) is 4. The summed E-state index contributed by atoms with van der Waals surface area (Å²) in [6.07, 6.45) is 45.4. The van der Waals surface area contributed by atoms with Crippen molar-refractivity contribution in [3.63, 3.8) is 0 Å². The van der Waals surface area contributed by atoms with E-state index in [1.165, 1.54) is 164 Å². The molecule has 0 aliphatic rings. The summed E-state index contributed by atoms with van der Waals surface area (Å²) in [5, 5.41) is 57.6. The average molecular weight is 1500 g/mol. The molecule has 0 aromatic heterocycles. The summed E-state index contributed by atoms with van der Waals surface area (Å²) in [6.45, 7) is -1.28. The van der Waals surface area contributed by atoms with E-state index in [0.717, 1.165) is 86.8 Å². The Morgan fingerprint density at radius 1 is 0.286 bits per heavy atom. The highest BCUT2D eigenvalue weighted by Crippen LogP contribution is 2.22. The van der Waals surface area contributed by atoms with E-state index in [1.807, 2.05) is 0 Å². The molecule has 1 unspecified atom stereocenters. The number of carboxylic acid groups (broad SMARTS) is 6. The highest BCUT2D eigenvalue weighted by molar-refractivity contribution is 5.79. The molecule has 610 valence electrons. The van der Waals surface area contributed by atoms with Gasteiger partial charge in [-0.3, -0.25) is 72.3 Å². The van der Waals surface area contributed by atoms with Crippen LogP contribution in [-0.4, -0.2) is 232 Å². The van der Waals surface area contributed by atoms with Crippen LogP contribution >= 0.6 is 0 Å². The highest BCUT2D eigenvalue weighted by Gasteiger charge is 2.38. The van der Waals surface area contributed by atoms with Crippen molar-refractivity contribution in [2.24, 2.45) is 0 Å². The molecule has 0 aliphatic carbocycles. The first-order valence-electron chi connectivity index (χ1n) is 40.5. The summed E-state index contributed by atoms with van der Waals surface area (Å²) in [4.78, 5) is 143. The molecule has 6 N–H and O–H groups in total. The summed E-state index contributed by atoms with van der Waals surface area (Å²) < 4.78 is 29.4. The lowest BCUT2D eigenvalue weighted by Crippen LogP contribution is -2.52. The number of hydrogen-bond acceptors (Lipinski definition) is 20. The molecule has 0 aromatic carbocycles. The Labute approximate surface area is 628 Å². The summed E-state index contributed by atoms with van der Waals surface area (Å²) in [6, 6.07) is -1.23. The van der Waals surface area contributed by atoms with E-state index in [4.69, 9.17) is 23.7 Å². The molecular formula is C79H142N4O22. The molecule has 0 amide bonds. The molecule has 0 heterocycles. The molecule has 26 nitrogen and oxygen atoms in total. The fourth-order valence-electron chi connectivity index (χ4n) is 12.6. The fourth-order valence-corrected chi connectivity index (χ4v) is 12.6. The Balaban J connectivity index is 6.28. The van der Waals surface area contributed by atoms with Gasteiger partial charge >= 0.3 is 59.7 Å². The number of Topliss-reactive ketones (excluding diaryl/α,β-unsaturated/α-hetero) is 1. The molecule has 0 radical (unpaired) electrons. The quantitative estimate of drug-likeness (QED) is 0.0187. The van der Waals surface area contributed by atoms with Gasteiger partial charge in [0.25, 0.3) is 0 Å². The van der Waals surface area contributed by atoms with Gasteiger partial charge in [-0.2, -0.15) is 0 Å². The van der Waals surface area contributed by atoms with E-state index in [9.17, 15) is 83.4 Å². The molecule has 105 heavy (non-hydrogen) atoms. The van der Waals surface area contributed by atoms with Crippen LogP contribution in [0.5, 0.6) is 0 Å². The maximum atomic E-state index is 13.6. The maximum Gasteiger partial charge on any atom is 0.317 e. The molecule has 0 spiro atoms. The van der Waals surface area contributed by atoms with Crippen LogP contribution in [0.25, 0.3) is 0 Å². The largest absolute Gasteiger partial charge is 0.480 e. The minimum absolute atomic E-state index is 0.134. The van der Waals surface area contributed by atoms with E-state index in [2.05, 4.69) is 20.8 Å². The van der Waals surface area contributed by atoms with Gasteiger partial charge in [-0.25, -0.2) is 0 Å². The van der Waals surface area contributed by atoms with Gasteiger partial charge in [0.1, 0.15) is 33.0 Å². The van der Waals surface area contributed by atoms with E-state index < -0.39 is 144 Å². The zero-order chi connectivity index (χ0) is 77.8. The van der Waals surface area contributed by atoms with Crippen molar-refractivity contribution in [1.82, 2.24) is 19.6 Å². The fraction of sp³-hybridized carbons (Fsp3) is 0.861. The smallest absolute Gasteiger partial charge is 0.317 e. The molecule has 0 aliphatic heterocycles. The van der Waals surface area contributed by atoms with Crippen LogP contribution in [0, 0.1) is 0 Å². The van der Waals surface area contributed by atoms with Crippen LogP contribution in [0.2, 0.25) is 0 Å². The van der Waals surface area contributed by atoms with E-state index in [-0.39, 0.29) is 83.5 Å². The lowest BCUT2D eigenvalue weighted by Gasteiger charge is -2.34. The van der Waals surface area contributed by atoms with Crippen molar-refractivity contribution in [3.05, 3.63) is 0 Å². The number of rotatable bonds is 80. The van der Waals surface area contributed by atoms with Gasteiger partial charge in [0.2, 0.25) is 0 Å². The molecular weight excluding hydrogens is 1360 g/mol. The van der Waals surface area contributed by atoms with Gasteiger partial charge < -0.3 is 54.3 Å². The number of carbonyl (C=O) groups excluding carboxylic acids is 5. The molecule has 0 saturated carbocycles. The standard InChI is InChI=1S/C79H142N4O22/c1-4-7-10-13-16-19-22-25-28-31-34-37-41-46-68(84)63-105-79(64-102-76(98)48-42-38-35-32-29-26-23-20-17-14-11-8-5-2,65-103-77(99)49-43-39-36-33-30-27-24-21-18-15-12-9-6-3)66-104-78(100)50-45-40-44-47-75(97)101-62-67(83(60-73(93)94)61-74(95)96)55-81(57-70(87)88)53-51-80(56-69(85)86)52-54-82(58-71(89)90)59-72(91)92/h67H,4-66H2,1-3H3,(H,85,86)(H,87,88)(H,89,90)(H,91,92)(H,93,94)(H,95,96). The third-order valence-electron chi connectivity index (χ3n) is 18.8. The second-order valence-electron chi connectivity index (χ2n) is 28.9. The van der Waals surface area contributed by atoms with Crippen molar-refractivity contribution in [3.8, 4) is 0 Å². The Morgan fingerprint density at radius 3 is 0.829 bits per heavy atom. The van der Waals surface area contributed by atoms with Crippen molar-refractivity contribution >= 4 is 65.5 Å². The van der Waals surface area contributed by atoms with Crippen molar-refractivity contribution < 1.29 is 107 Å². The maximum absolute atomic E-state index is 13.6. The lowest BCUT2D eigenvalue weighted by atomic mass is 10.0. The summed E-state index contributed by atoms with van der Waals surface area (Å²) in [5.74, 6) is -10.9. The number of ketones is 1. The van der Waals surface area contributed by atoms with Crippen LogP contribution in [0.3, 0.4) is 0 Å². The molecule has 0 aromatic rings. The highest BCUT2D eigenvalue weighted by atomic mass is 16.6. The van der Waals surface area contributed by atoms with E-state index >= 15 is 0 Å². The summed E-state index contributed by atoms with van der Waals surface area (Å²) >= 11 is 0. The topological polar surface area (TPSA) is 368 Å². The third-order valence-corrected chi connectivity index (χ3v) is 18.8. The van der Waals surface area contributed by atoms with Crippen molar-refractivity contribution in [1.29, 1.82) is 0 Å². The van der Waals surface area contributed by atoms with Crippen LogP contribution < -0.4 is 0 Å². The first-order chi connectivity index (χ1) is 50.5. The third kappa shape index (κ3) is 65.0.